The Morgan fingerprint density at radius 2 is 2.62 bits per heavy atom. The van der Waals surface area contributed by atoms with Crippen LogP contribution in [0.3, 0.4) is 0 Å². The third-order valence-electron chi connectivity index (χ3n) is 2.01. The topological polar surface area (TPSA) is 29.5 Å². The van der Waals surface area contributed by atoms with E-state index in [1.54, 1.807) is 6.08 Å². The quantitative estimate of drug-likeness (QED) is 0.480. The van der Waals surface area contributed by atoms with Crippen molar-refractivity contribution in [3.8, 4) is 0 Å². The van der Waals surface area contributed by atoms with Crippen molar-refractivity contribution in [2.24, 2.45) is 0 Å². The van der Waals surface area contributed by atoms with Gasteiger partial charge in [-0.3, -0.25) is 0 Å². The first-order valence-corrected chi connectivity index (χ1v) is 4.39. The van der Waals surface area contributed by atoms with Gasteiger partial charge in [0.05, 0.1) is 0 Å². The summed E-state index contributed by atoms with van der Waals surface area (Å²) < 4.78 is 4.92. The number of hydrogen-bond acceptors (Lipinski definition) is 3. The molecule has 0 N–H and O–H groups in total. The van der Waals surface area contributed by atoms with Crippen molar-refractivity contribution in [3.05, 3.63) is 24.3 Å². The van der Waals surface area contributed by atoms with E-state index in [1.165, 1.54) is 0 Å². The molecule has 0 aromatic rings. The maximum Gasteiger partial charge on any atom is 0.334 e. The third kappa shape index (κ3) is 3.03. The Labute approximate surface area is 78.7 Å². The molecule has 72 valence electrons. The van der Waals surface area contributed by atoms with E-state index >= 15 is 0 Å². The summed E-state index contributed by atoms with van der Waals surface area (Å²) >= 11 is 0. The molecule has 0 saturated heterocycles. The molecule has 0 radical (unpaired) electrons. The summed E-state index contributed by atoms with van der Waals surface area (Å²) in [6.45, 7) is 5.54. The monoisotopic (exact) mass is 181 g/mol. The van der Waals surface area contributed by atoms with Gasteiger partial charge in [0.2, 0.25) is 0 Å². The number of nitrogens with zero attached hydrogens (tertiary/aromatic N) is 1. The van der Waals surface area contributed by atoms with Crippen LogP contribution in [-0.4, -0.2) is 37.6 Å². The molecule has 0 aromatic heterocycles. The van der Waals surface area contributed by atoms with Crippen LogP contribution in [0.1, 0.15) is 6.42 Å². The minimum atomic E-state index is -0.201. The SMILES string of the molecule is C=CCOC(=O)C1=CCN(C)CC1. The molecule has 0 aliphatic carbocycles. The molecule has 1 aliphatic rings. The lowest BCUT2D eigenvalue weighted by Crippen LogP contribution is -2.26. The normalized spacial score (nSPS) is 17.8. The van der Waals surface area contributed by atoms with Crippen molar-refractivity contribution in [1.29, 1.82) is 0 Å². The number of carbonyl (C=O) groups is 1. The molecule has 1 rings (SSSR count). The second-order valence-corrected chi connectivity index (χ2v) is 3.13. The lowest BCUT2D eigenvalue weighted by molar-refractivity contribution is -0.138. The van der Waals surface area contributed by atoms with Gasteiger partial charge in [0.15, 0.2) is 0 Å². The molecule has 0 saturated carbocycles. The fourth-order valence-electron chi connectivity index (χ4n) is 1.18. The van der Waals surface area contributed by atoms with Gasteiger partial charge in [-0.15, -0.1) is 0 Å². The molecule has 0 spiro atoms. The van der Waals surface area contributed by atoms with Crippen molar-refractivity contribution in [3.63, 3.8) is 0 Å². The Hall–Kier alpha value is -1.09. The van der Waals surface area contributed by atoms with Gasteiger partial charge in [-0.05, 0) is 13.5 Å². The van der Waals surface area contributed by atoms with Crippen molar-refractivity contribution >= 4 is 5.97 Å². The first-order chi connectivity index (χ1) is 6.24. The van der Waals surface area contributed by atoms with Gasteiger partial charge >= 0.3 is 5.97 Å². The first kappa shape index (κ1) is 9.99. The number of ether oxygens (including phenoxy) is 1. The van der Waals surface area contributed by atoms with E-state index in [0.717, 1.165) is 25.1 Å². The molecular weight excluding hydrogens is 166 g/mol. The molecular formula is C10H15NO2. The van der Waals surface area contributed by atoms with E-state index in [4.69, 9.17) is 4.74 Å². The number of hydrogen-bond donors (Lipinski definition) is 0. The highest BCUT2D eigenvalue weighted by atomic mass is 16.5. The lowest BCUT2D eigenvalue weighted by Gasteiger charge is -2.20. The average Bonchev–Trinajstić information content (AvgIpc) is 2.15. The maximum atomic E-state index is 11.3. The van der Waals surface area contributed by atoms with Crippen LogP contribution >= 0.6 is 0 Å². The number of rotatable bonds is 3. The number of carbonyl (C=O) groups excluding carboxylic acids is 1. The molecule has 0 fully saturated rings. The highest BCUT2D eigenvalue weighted by Gasteiger charge is 2.14. The zero-order valence-corrected chi connectivity index (χ0v) is 7.95. The second kappa shape index (κ2) is 4.82. The standard InChI is InChI=1S/C10H15NO2/c1-3-8-13-10(12)9-4-6-11(2)7-5-9/h3-4H,1,5-8H2,2H3. The second-order valence-electron chi connectivity index (χ2n) is 3.13. The number of esters is 1. The Morgan fingerprint density at radius 3 is 3.15 bits per heavy atom. The lowest BCUT2D eigenvalue weighted by atomic mass is 10.1. The van der Waals surface area contributed by atoms with Crippen molar-refractivity contribution in [1.82, 2.24) is 4.90 Å². The molecule has 3 heteroatoms. The first-order valence-electron chi connectivity index (χ1n) is 4.39. The highest BCUT2D eigenvalue weighted by Crippen LogP contribution is 2.10. The maximum absolute atomic E-state index is 11.3. The smallest absolute Gasteiger partial charge is 0.334 e. The van der Waals surface area contributed by atoms with Crippen LogP contribution in [0, 0.1) is 0 Å². The minimum absolute atomic E-state index is 0.201. The predicted octanol–water partition coefficient (Wildman–Crippen LogP) is 0.977. The van der Waals surface area contributed by atoms with E-state index in [-0.39, 0.29) is 5.97 Å². The van der Waals surface area contributed by atoms with Crippen molar-refractivity contribution in [2.75, 3.05) is 26.7 Å². The van der Waals surface area contributed by atoms with E-state index in [0.29, 0.717) is 6.61 Å². The zero-order chi connectivity index (χ0) is 9.68. The molecule has 1 aliphatic heterocycles. The van der Waals surface area contributed by atoms with Crippen LogP contribution < -0.4 is 0 Å². The Bertz CT molecular complexity index is 233. The van der Waals surface area contributed by atoms with Gasteiger partial charge in [-0.1, -0.05) is 18.7 Å². The summed E-state index contributed by atoms with van der Waals surface area (Å²) in [5.74, 6) is -0.201. The summed E-state index contributed by atoms with van der Waals surface area (Å²) in [6.07, 6.45) is 4.29. The van der Waals surface area contributed by atoms with E-state index < -0.39 is 0 Å². The fraction of sp³-hybridized carbons (Fsp3) is 0.500. The molecule has 0 bridgehead atoms. The highest BCUT2D eigenvalue weighted by molar-refractivity contribution is 5.88. The number of likely N-dealkylation sites (N-methyl/N-ethyl adjacent to an activating group) is 1. The molecule has 3 nitrogen and oxygen atoms in total. The van der Waals surface area contributed by atoms with E-state index in [1.807, 2.05) is 13.1 Å². The van der Waals surface area contributed by atoms with Crippen LogP contribution in [0.2, 0.25) is 0 Å². The minimum Gasteiger partial charge on any atom is -0.458 e. The molecule has 0 amide bonds. The van der Waals surface area contributed by atoms with E-state index in [2.05, 4.69) is 11.5 Å². The molecule has 0 aromatic carbocycles. The Kier molecular flexibility index (Phi) is 3.71. The van der Waals surface area contributed by atoms with Gasteiger partial charge < -0.3 is 9.64 Å². The van der Waals surface area contributed by atoms with Crippen LogP contribution in [0.4, 0.5) is 0 Å². The van der Waals surface area contributed by atoms with Gasteiger partial charge in [0.25, 0.3) is 0 Å². The van der Waals surface area contributed by atoms with Crippen LogP contribution in [0.5, 0.6) is 0 Å². The largest absolute Gasteiger partial charge is 0.458 e. The predicted molar refractivity (Wildman–Crippen MR) is 51.4 cm³/mol. The zero-order valence-electron chi connectivity index (χ0n) is 7.95. The molecule has 13 heavy (non-hydrogen) atoms. The van der Waals surface area contributed by atoms with Gasteiger partial charge in [0, 0.05) is 18.7 Å². The van der Waals surface area contributed by atoms with Crippen LogP contribution in [0.15, 0.2) is 24.3 Å². The van der Waals surface area contributed by atoms with Crippen molar-refractivity contribution < 1.29 is 9.53 Å². The molecule has 0 atom stereocenters. The fourth-order valence-corrected chi connectivity index (χ4v) is 1.18. The van der Waals surface area contributed by atoms with Gasteiger partial charge in [0.1, 0.15) is 6.61 Å². The van der Waals surface area contributed by atoms with Crippen molar-refractivity contribution in [2.45, 2.75) is 6.42 Å². The summed E-state index contributed by atoms with van der Waals surface area (Å²) in [7, 11) is 2.03. The van der Waals surface area contributed by atoms with E-state index in [9.17, 15) is 4.79 Å². The van der Waals surface area contributed by atoms with Gasteiger partial charge in [-0.25, -0.2) is 4.79 Å². The van der Waals surface area contributed by atoms with Gasteiger partial charge in [-0.2, -0.15) is 0 Å². The Balaban J connectivity index is 2.43. The third-order valence-corrected chi connectivity index (χ3v) is 2.01. The summed E-state index contributed by atoms with van der Waals surface area (Å²) in [5, 5.41) is 0. The average molecular weight is 181 g/mol. The molecule has 0 unspecified atom stereocenters. The summed E-state index contributed by atoms with van der Waals surface area (Å²) in [5.41, 5.74) is 0.792. The Morgan fingerprint density at radius 1 is 1.85 bits per heavy atom. The molecule has 1 heterocycles. The summed E-state index contributed by atoms with van der Waals surface area (Å²) in [6, 6.07) is 0. The van der Waals surface area contributed by atoms with Crippen LogP contribution in [-0.2, 0) is 9.53 Å². The van der Waals surface area contributed by atoms with Crippen LogP contribution in [0.25, 0.3) is 0 Å². The summed E-state index contributed by atoms with van der Waals surface area (Å²) in [4.78, 5) is 13.5.